The summed E-state index contributed by atoms with van der Waals surface area (Å²) in [7, 11) is 1.97. The predicted molar refractivity (Wildman–Crippen MR) is 82.1 cm³/mol. The highest BCUT2D eigenvalue weighted by molar-refractivity contribution is 9.10. The third-order valence-electron chi connectivity index (χ3n) is 2.55. The van der Waals surface area contributed by atoms with Gasteiger partial charge in [-0.2, -0.15) is 0 Å². The van der Waals surface area contributed by atoms with Crippen LogP contribution in [0.15, 0.2) is 16.6 Å². The van der Waals surface area contributed by atoms with E-state index in [-0.39, 0.29) is 0 Å². The Hall–Kier alpha value is 0.0400. The molecule has 18 heavy (non-hydrogen) atoms. The summed E-state index contributed by atoms with van der Waals surface area (Å²) in [4.78, 5) is 0. The monoisotopic (exact) mass is 353 g/mol. The first-order chi connectivity index (χ1) is 8.65. The van der Waals surface area contributed by atoms with E-state index in [1.807, 2.05) is 7.05 Å². The zero-order chi connectivity index (χ0) is 13.4. The van der Waals surface area contributed by atoms with Crippen molar-refractivity contribution in [3.63, 3.8) is 0 Å². The molecule has 0 spiro atoms. The van der Waals surface area contributed by atoms with Gasteiger partial charge in [0.25, 0.3) is 0 Å². The Morgan fingerprint density at radius 3 is 2.56 bits per heavy atom. The second kappa shape index (κ2) is 9.03. The highest BCUT2D eigenvalue weighted by Gasteiger charge is 2.06. The normalized spacial score (nSPS) is 10.7. The molecule has 1 N–H and O–H groups in total. The standard InChI is InChI=1S/C13H18BrCl2NO/c1-17-6-4-2-3-5-7-18-13-9-11(15)10(14)8-12(13)16/h8-9,17H,2-7H2,1H3. The number of rotatable bonds is 8. The highest BCUT2D eigenvalue weighted by atomic mass is 79.9. The van der Waals surface area contributed by atoms with E-state index in [9.17, 15) is 0 Å². The molecule has 0 unspecified atom stereocenters. The lowest BCUT2D eigenvalue weighted by molar-refractivity contribution is 0.305. The van der Waals surface area contributed by atoms with Crippen LogP contribution in [0.2, 0.25) is 10.0 Å². The van der Waals surface area contributed by atoms with E-state index in [4.69, 9.17) is 27.9 Å². The summed E-state index contributed by atoms with van der Waals surface area (Å²) in [6.45, 7) is 1.76. The van der Waals surface area contributed by atoms with Gasteiger partial charge in [0.2, 0.25) is 0 Å². The van der Waals surface area contributed by atoms with E-state index in [2.05, 4.69) is 21.2 Å². The summed E-state index contributed by atoms with van der Waals surface area (Å²) in [5, 5.41) is 4.33. The first kappa shape index (κ1) is 16.1. The van der Waals surface area contributed by atoms with Crippen LogP contribution in [-0.2, 0) is 0 Å². The van der Waals surface area contributed by atoms with Crippen LogP contribution >= 0.6 is 39.1 Å². The minimum Gasteiger partial charge on any atom is -0.492 e. The number of hydrogen-bond acceptors (Lipinski definition) is 2. The van der Waals surface area contributed by atoms with Gasteiger partial charge in [-0.1, -0.05) is 36.0 Å². The molecule has 0 aliphatic rings. The minimum atomic E-state index is 0.585. The fraction of sp³-hybridized carbons (Fsp3) is 0.538. The van der Waals surface area contributed by atoms with Gasteiger partial charge in [0, 0.05) is 10.5 Å². The molecule has 0 aromatic heterocycles. The number of benzene rings is 1. The lowest BCUT2D eigenvalue weighted by Crippen LogP contribution is -2.07. The van der Waals surface area contributed by atoms with Crippen molar-refractivity contribution in [3.8, 4) is 5.75 Å². The molecule has 5 heteroatoms. The zero-order valence-corrected chi connectivity index (χ0v) is 13.5. The van der Waals surface area contributed by atoms with Gasteiger partial charge in [-0.25, -0.2) is 0 Å². The molecular weight excluding hydrogens is 337 g/mol. The molecule has 0 radical (unpaired) electrons. The van der Waals surface area contributed by atoms with E-state index in [1.54, 1.807) is 12.1 Å². The lowest BCUT2D eigenvalue weighted by atomic mass is 10.2. The smallest absolute Gasteiger partial charge is 0.139 e. The molecule has 102 valence electrons. The van der Waals surface area contributed by atoms with Crippen molar-refractivity contribution in [2.75, 3.05) is 20.2 Å². The van der Waals surface area contributed by atoms with Gasteiger partial charge >= 0.3 is 0 Å². The fourth-order valence-electron chi connectivity index (χ4n) is 1.55. The van der Waals surface area contributed by atoms with Gasteiger partial charge in [-0.3, -0.25) is 0 Å². The van der Waals surface area contributed by atoms with Crippen LogP contribution in [-0.4, -0.2) is 20.2 Å². The molecule has 0 fully saturated rings. The molecule has 1 aromatic carbocycles. The zero-order valence-electron chi connectivity index (χ0n) is 10.4. The maximum absolute atomic E-state index is 6.06. The summed E-state index contributed by atoms with van der Waals surface area (Å²) in [5.74, 6) is 0.653. The molecule has 0 aliphatic heterocycles. The number of nitrogens with one attached hydrogen (secondary N) is 1. The molecule has 1 aromatic rings. The van der Waals surface area contributed by atoms with Gasteiger partial charge in [0.1, 0.15) is 5.75 Å². The lowest BCUT2D eigenvalue weighted by Gasteiger charge is -2.09. The average molecular weight is 355 g/mol. The van der Waals surface area contributed by atoms with E-state index in [1.165, 1.54) is 19.3 Å². The Bertz CT molecular complexity index is 374. The summed E-state index contributed by atoms with van der Waals surface area (Å²) < 4.78 is 6.41. The molecule has 0 saturated carbocycles. The SMILES string of the molecule is CNCCCCCCOc1cc(Cl)c(Br)cc1Cl. The minimum absolute atomic E-state index is 0.585. The summed E-state index contributed by atoms with van der Waals surface area (Å²) in [5.41, 5.74) is 0. The topological polar surface area (TPSA) is 21.3 Å². The van der Waals surface area contributed by atoms with Crippen LogP contribution in [0.3, 0.4) is 0 Å². The van der Waals surface area contributed by atoms with Crippen molar-refractivity contribution in [3.05, 3.63) is 26.7 Å². The van der Waals surface area contributed by atoms with E-state index < -0.39 is 0 Å². The third-order valence-corrected chi connectivity index (χ3v) is 4.05. The summed E-state index contributed by atoms with van der Waals surface area (Å²) in [6.07, 6.45) is 4.64. The van der Waals surface area contributed by atoms with E-state index in [0.29, 0.717) is 22.4 Å². The number of ether oxygens (including phenoxy) is 1. The number of halogens is 3. The first-order valence-corrected chi connectivity index (χ1v) is 7.62. The average Bonchev–Trinajstić information content (AvgIpc) is 2.34. The molecule has 0 saturated heterocycles. The third kappa shape index (κ3) is 5.79. The van der Waals surface area contributed by atoms with Crippen LogP contribution in [0.25, 0.3) is 0 Å². The summed E-state index contributed by atoms with van der Waals surface area (Å²) >= 11 is 15.4. The Balaban J connectivity index is 2.25. The first-order valence-electron chi connectivity index (χ1n) is 6.07. The molecule has 0 bridgehead atoms. The molecule has 2 nitrogen and oxygen atoms in total. The maximum atomic E-state index is 6.06. The van der Waals surface area contributed by atoms with Crippen molar-refractivity contribution in [1.29, 1.82) is 0 Å². The van der Waals surface area contributed by atoms with Crippen molar-refractivity contribution in [2.24, 2.45) is 0 Å². The van der Waals surface area contributed by atoms with Gasteiger partial charge in [0.15, 0.2) is 0 Å². The van der Waals surface area contributed by atoms with Crippen LogP contribution in [0, 0.1) is 0 Å². The molecule has 0 heterocycles. The fourth-order valence-corrected chi connectivity index (χ4v) is 2.40. The molecule has 0 atom stereocenters. The quantitative estimate of drug-likeness (QED) is 0.528. The molecule has 0 aliphatic carbocycles. The number of hydrogen-bond donors (Lipinski definition) is 1. The molecule has 1 rings (SSSR count). The van der Waals surface area contributed by atoms with Crippen molar-refractivity contribution >= 4 is 39.1 Å². The molecule has 0 amide bonds. The highest BCUT2D eigenvalue weighted by Crippen LogP contribution is 2.34. The van der Waals surface area contributed by atoms with Crippen LogP contribution in [0.4, 0.5) is 0 Å². The largest absolute Gasteiger partial charge is 0.492 e. The second-order valence-corrected chi connectivity index (χ2v) is 5.73. The van der Waals surface area contributed by atoms with E-state index >= 15 is 0 Å². The van der Waals surface area contributed by atoms with Gasteiger partial charge in [-0.15, -0.1) is 0 Å². The Morgan fingerprint density at radius 2 is 1.83 bits per heavy atom. The number of unbranched alkanes of at least 4 members (excludes halogenated alkanes) is 3. The van der Waals surface area contributed by atoms with Crippen molar-refractivity contribution in [2.45, 2.75) is 25.7 Å². The maximum Gasteiger partial charge on any atom is 0.139 e. The van der Waals surface area contributed by atoms with Crippen molar-refractivity contribution in [1.82, 2.24) is 5.32 Å². The van der Waals surface area contributed by atoms with Gasteiger partial charge in [-0.05, 0) is 48.4 Å². The predicted octanol–water partition coefficient (Wildman–Crippen LogP) is 4.91. The van der Waals surface area contributed by atoms with Gasteiger partial charge in [0.05, 0.1) is 16.7 Å². The van der Waals surface area contributed by atoms with Crippen LogP contribution < -0.4 is 10.1 Å². The Labute approximate surface area is 127 Å². The van der Waals surface area contributed by atoms with Gasteiger partial charge < -0.3 is 10.1 Å². The molecular formula is C13H18BrCl2NO. The van der Waals surface area contributed by atoms with Crippen LogP contribution in [0.5, 0.6) is 5.75 Å². The van der Waals surface area contributed by atoms with E-state index in [0.717, 1.165) is 17.4 Å². The van der Waals surface area contributed by atoms with Crippen molar-refractivity contribution < 1.29 is 4.74 Å². The summed E-state index contributed by atoms with van der Waals surface area (Å²) in [6, 6.07) is 3.50. The van der Waals surface area contributed by atoms with Crippen LogP contribution in [0.1, 0.15) is 25.7 Å². The second-order valence-electron chi connectivity index (χ2n) is 4.06. The Kier molecular flexibility index (Phi) is 8.07. The Morgan fingerprint density at radius 1 is 1.11 bits per heavy atom.